The number of anilines is 1. The topological polar surface area (TPSA) is 72.4 Å². The van der Waals surface area contributed by atoms with Crippen LogP contribution in [0.15, 0.2) is 78.9 Å². The van der Waals surface area contributed by atoms with Crippen LogP contribution in [0.25, 0.3) is 10.9 Å². The molecule has 4 aromatic rings. The van der Waals surface area contributed by atoms with Gasteiger partial charge in [-0.2, -0.15) is 0 Å². The van der Waals surface area contributed by atoms with Crippen LogP contribution in [0.5, 0.6) is 0 Å². The van der Waals surface area contributed by atoms with Gasteiger partial charge >= 0.3 is 5.97 Å². The summed E-state index contributed by atoms with van der Waals surface area (Å²) >= 11 is 0. The van der Waals surface area contributed by atoms with Gasteiger partial charge in [0, 0.05) is 35.9 Å². The molecule has 0 saturated carbocycles. The fraction of sp³-hybridized carbons (Fsp3) is 0.241. The summed E-state index contributed by atoms with van der Waals surface area (Å²) in [6, 6.07) is 25.5. The number of carbonyl (C=O) groups excluding carboxylic acids is 2. The van der Waals surface area contributed by atoms with E-state index < -0.39 is 0 Å². The molecule has 1 heterocycles. The summed E-state index contributed by atoms with van der Waals surface area (Å²) in [5.74, 6) is -0.169. The number of aldehydes is 1. The highest BCUT2D eigenvalue weighted by Gasteiger charge is 2.21. The number of fused-ring (bicyclic) bond motifs is 1. The molecule has 2 N–H and O–H groups in total. The van der Waals surface area contributed by atoms with Gasteiger partial charge in [0.2, 0.25) is 0 Å². The van der Waals surface area contributed by atoms with Crippen LogP contribution >= 0.6 is 0 Å². The number of esters is 1. The zero-order valence-corrected chi connectivity index (χ0v) is 20.7. The molecular weight excluding hydrogens is 438 g/mol. The molecule has 0 aliphatic rings. The molecule has 4 rings (SSSR count). The zero-order chi connectivity index (χ0) is 25.2. The van der Waals surface area contributed by atoms with Crippen molar-refractivity contribution in [3.05, 3.63) is 101 Å². The quantitative estimate of drug-likeness (QED) is 0.186. The second-order valence-electron chi connectivity index (χ2n) is 8.34. The molecule has 0 spiro atoms. The number of rotatable bonds is 8. The van der Waals surface area contributed by atoms with Gasteiger partial charge in [0.1, 0.15) is 0 Å². The van der Waals surface area contributed by atoms with Gasteiger partial charge in [-0.05, 0) is 42.7 Å². The number of aromatic nitrogens is 1. The largest absolute Gasteiger partial charge is 0.462 e. The molecular formula is C29H33N3O3. The molecule has 0 radical (unpaired) electrons. The van der Waals surface area contributed by atoms with E-state index in [-0.39, 0.29) is 11.9 Å². The summed E-state index contributed by atoms with van der Waals surface area (Å²) in [6.45, 7) is 6.92. The Balaban J connectivity index is 0.000000320. The summed E-state index contributed by atoms with van der Waals surface area (Å²) in [6.07, 6.45) is 0.920. The Labute approximate surface area is 206 Å². The van der Waals surface area contributed by atoms with E-state index in [0.717, 1.165) is 34.1 Å². The van der Waals surface area contributed by atoms with Crippen molar-refractivity contribution in [3.63, 3.8) is 0 Å². The maximum absolute atomic E-state index is 12.2. The minimum absolute atomic E-state index is 0.178. The van der Waals surface area contributed by atoms with Crippen LogP contribution in [0.2, 0.25) is 0 Å². The Hall–Kier alpha value is -3.90. The third-order valence-corrected chi connectivity index (χ3v) is 5.55. The molecule has 0 aliphatic carbocycles. The summed E-state index contributed by atoms with van der Waals surface area (Å²) in [5, 5.41) is 0.868. The van der Waals surface area contributed by atoms with Crippen molar-refractivity contribution in [1.29, 1.82) is 0 Å². The highest BCUT2D eigenvalue weighted by molar-refractivity contribution is 6.02. The molecule has 0 bridgehead atoms. The maximum Gasteiger partial charge on any atom is 0.338 e. The lowest BCUT2D eigenvalue weighted by Gasteiger charge is -2.14. The lowest BCUT2D eigenvalue weighted by atomic mass is 10.0. The number of carbonyl (C=O) groups is 2. The van der Waals surface area contributed by atoms with Gasteiger partial charge < -0.3 is 14.7 Å². The van der Waals surface area contributed by atoms with Gasteiger partial charge in [-0.15, -0.1) is 0 Å². The average molecular weight is 472 g/mol. The van der Waals surface area contributed by atoms with E-state index in [0.29, 0.717) is 24.3 Å². The van der Waals surface area contributed by atoms with Crippen LogP contribution in [-0.4, -0.2) is 30.5 Å². The van der Waals surface area contributed by atoms with Crippen molar-refractivity contribution in [3.8, 4) is 0 Å². The summed E-state index contributed by atoms with van der Waals surface area (Å²) in [4.78, 5) is 24.0. The number of ether oxygens (including phenoxy) is 1. The molecule has 0 aliphatic heterocycles. The first-order valence-electron chi connectivity index (χ1n) is 11.8. The molecule has 182 valence electrons. The molecule has 0 amide bonds. The second-order valence-corrected chi connectivity index (χ2v) is 8.34. The highest BCUT2D eigenvalue weighted by Crippen LogP contribution is 2.32. The molecule has 1 aromatic heterocycles. The first-order valence-corrected chi connectivity index (χ1v) is 11.8. The van der Waals surface area contributed by atoms with Crippen molar-refractivity contribution in [2.75, 3.05) is 19.1 Å². The minimum Gasteiger partial charge on any atom is -0.462 e. The predicted octanol–water partition coefficient (Wildman–Crippen LogP) is 6.04. The van der Waals surface area contributed by atoms with Crippen molar-refractivity contribution in [1.82, 2.24) is 9.99 Å². The van der Waals surface area contributed by atoms with Crippen molar-refractivity contribution in [2.45, 2.75) is 33.2 Å². The number of para-hydroxylation sites is 1. The van der Waals surface area contributed by atoms with Gasteiger partial charge in [-0.1, -0.05) is 68.4 Å². The lowest BCUT2D eigenvalue weighted by molar-refractivity contribution is 0.0526. The Morgan fingerprint density at radius 3 is 2.23 bits per heavy atom. The number of hydrogen-bond donors (Lipinski definition) is 2. The number of benzene rings is 3. The third-order valence-electron chi connectivity index (χ3n) is 5.55. The first kappa shape index (κ1) is 25.7. The van der Waals surface area contributed by atoms with E-state index in [9.17, 15) is 9.59 Å². The van der Waals surface area contributed by atoms with E-state index >= 15 is 0 Å². The predicted molar refractivity (Wildman–Crippen MR) is 142 cm³/mol. The number of hydrogen-bond acceptors (Lipinski definition) is 5. The van der Waals surface area contributed by atoms with E-state index in [1.54, 1.807) is 13.0 Å². The fourth-order valence-electron chi connectivity index (χ4n) is 4.09. The van der Waals surface area contributed by atoms with Gasteiger partial charge in [-0.25, -0.2) is 10.2 Å². The molecule has 0 atom stereocenters. The normalized spacial score (nSPS) is 10.5. The van der Waals surface area contributed by atoms with Crippen molar-refractivity contribution in [2.24, 2.45) is 0 Å². The van der Waals surface area contributed by atoms with E-state index in [2.05, 4.69) is 41.4 Å². The van der Waals surface area contributed by atoms with Crippen LogP contribution in [0.4, 0.5) is 5.69 Å². The van der Waals surface area contributed by atoms with Crippen molar-refractivity contribution < 1.29 is 14.3 Å². The molecule has 35 heavy (non-hydrogen) atoms. The molecule has 6 heteroatoms. The van der Waals surface area contributed by atoms with Gasteiger partial charge in [0.15, 0.2) is 6.29 Å². The van der Waals surface area contributed by atoms with Gasteiger partial charge in [0.05, 0.1) is 17.7 Å². The third kappa shape index (κ3) is 6.37. The molecule has 6 nitrogen and oxygen atoms in total. The molecule has 0 fully saturated rings. The molecule has 0 saturated heterocycles. The Kier molecular flexibility index (Phi) is 9.21. The lowest BCUT2D eigenvalue weighted by Crippen LogP contribution is -2.14. The summed E-state index contributed by atoms with van der Waals surface area (Å²) in [5.41, 5.74) is 11.1. The first-order chi connectivity index (χ1) is 17.0. The van der Waals surface area contributed by atoms with Crippen LogP contribution < -0.4 is 10.9 Å². The monoisotopic (exact) mass is 471 g/mol. The fourth-order valence-corrected chi connectivity index (χ4v) is 4.09. The standard InChI is InChI=1S/C22H23NO3.C7H10N2/c1-4-26-22(25)17-10-11-18-19(14-24)21(15(2)3)23(20(18)12-17)13-16-8-6-5-7-9-16;1-8-9-7-5-3-2-4-6-7/h5-12,14-15H,4,13H2,1-3H3;2-6,8-9H,1H3. The maximum atomic E-state index is 12.2. The number of nitrogens with one attached hydrogen (secondary N) is 2. The Morgan fingerprint density at radius 1 is 1.00 bits per heavy atom. The SMILES string of the molecule is CCOC(=O)c1ccc2c(C=O)c(C(C)C)n(Cc3ccccc3)c2c1.CNNc1ccccc1. The van der Waals surface area contributed by atoms with Crippen LogP contribution in [0.1, 0.15) is 58.7 Å². The van der Waals surface area contributed by atoms with E-state index in [1.807, 2.05) is 67.7 Å². The van der Waals surface area contributed by atoms with Crippen LogP contribution in [-0.2, 0) is 11.3 Å². The summed E-state index contributed by atoms with van der Waals surface area (Å²) < 4.78 is 7.27. The van der Waals surface area contributed by atoms with E-state index in [4.69, 9.17) is 4.74 Å². The minimum atomic E-state index is -0.347. The Morgan fingerprint density at radius 2 is 1.66 bits per heavy atom. The van der Waals surface area contributed by atoms with Gasteiger partial charge in [-0.3, -0.25) is 4.79 Å². The number of nitrogens with zero attached hydrogens (tertiary/aromatic N) is 1. The Bertz CT molecular complexity index is 1250. The highest BCUT2D eigenvalue weighted by atomic mass is 16.5. The smallest absolute Gasteiger partial charge is 0.338 e. The van der Waals surface area contributed by atoms with Crippen LogP contribution in [0.3, 0.4) is 0 Å². The van der Waals surface area contributed by atoms with Crippen molar-refractivity contribution >= 4 is 28.8 Å². The molecule has 0 unspecified atom stereocenters. The summed E-state index contributed by atoms with van der Waals surface area (Å²) in [7, 11) is 1.84. The average Bonchev–Trinajstić information content (AvgIpc) is 3.19. The molecule has 3 aromatic carbocycles. The van der Waals surface area contributed by atoms with Gasteiger partial charge in [0.25, 0.3) is 0 Å². The van der Waals surface area contributed by atoms with Crippen LogP contribution in [0, 0.1) is 0 Å². The number of hydrazine groups is 1. The zero-order valence-electron chi connectivity index (χ0n) is 20.7. The van der Waals surface area contributed by atoms with E-state index in [1.165, 1.54) is 0 Å². The second kappa shape index (κ2) is 12.5.